The van der Waals surface area contributed by atoms with Crippen molar-refractivity contribution >= 4 is 22.8 Å². The molecule has 31 heavy (non-hydrogen) atoms. The molecule has 3 aromatic rings. The predicted octanol–water partition coefficient (Wildman–Crippen LogP) is 4.13. The van der Waals surface area contributed by atoms with Crippen molar-refractivity contribution in [1.29, 1.82) is 0 Å². The van der Waals surface area contributed by atoms with Crippen molar-refractivity contribution < 1.29 is 31.5 Å². The summed E-state index contributed by atoms with van der Waals surface area (Å²) in [6.45, 7) is 0.508. The van der Waals surface area contributed by atoms with E-state index in [1.165, 1.54) is 29.3 Å². The van der Waals surface area contributed by atoms with E-state index in [0.717, 1.165) is 18.2 Å². The second-order valence-corrected chi connectivity index (χ2v) is 6.94. The fourth-order valence-electron chi connectivity index (χ4n) is 3.38. The monoisotopic (exact) mass is 438 g/mol. The highest BCUT2D eigenvalue weighted by molar-refractivity contribution is 5.97. The highest BCUT2D eigenvalue weighted by Gasteiger charge is 2.34. The zero-order valence-corrected chi connectivity index (χ0v) is 15.8. The maximum Gasteiger partial charge on any atom is 0.573 e. The lowest BCUT2D eigenvalue weighted by Gasteiger charge is -2.19. The van der Waals surface area contributed by atoms with Crippen LogP contribution in [0.3, 0.4) is 0 Å². The van der Waals surface area contributed by atoms with Crippen LogP contribution in [0.4, 0.5) is 27.8 Å². The summed E-state index contributed by atoms with van der Waals surface area (Å²) >= 11 is 0. The second kappa shape index (κ2) is 7.97. The topological polar surface area (TPSA) is 67.3 Å². The van der Waals surface area contributed by atoms with E-state index in [4.69, 9.17) is 0 Å². The van der Waals surface area contributed by atoms with E-state index in [9.17, 15) is 26.7 Å². The van der Waals surface area contributed by atoms with Gasteiger partial charge in [0.15, 0.2) is 11.6 Å². The Bertz CT molecular complexity index is 1140. The van der Waals surface area contributed by atoms with E-state index in [0.29, 0.717) is 18.8 Å². The molecule has 0 spiro atoms. The number of alkyl halides is 3. The van der Waals surface area contributed by atoms with Crippen LogP contribution in [0.15, 0.2) is 42.6 Å². The number of likely N-dealkylation sites (tertiary alicyclic amines) is 1. The first-order valence-corrected chi connectivity index (χ1v) is 9.22. The molecule has 6 nitrogen and oxygen atoms in total. The molecule has 1 aliphatic heterocycles. The summed E-state index contributed by atoms with van der Waals surface area (Å²) in [6.07, 6.45) is -3.05. The van der Waals surface area contributed by atoms with Crippen LogP contribution in [0.25, 0.3) is 11.0 Å². The van der Waals surface area contributed by atoms with E-state index in [1.54, 1.807) is 0 Å². The van der Waals surface area contributed by atoms with Gasteiger partial charge in [-0.2, -0.15) is 0 Å². The van der Waals surface area contributed by atoms with Gasteiger partial charge in [0.1, 0.15) is 11.6 Å². The average Bonchev–Trinajstić information content (AvgIpc) is 3.16. The van der Waals surface area contributed by atoms with E-state index < -0.39 is 29.7 Å². The summed E-state index contributed by atoms with van der Waals surface area (Å²) in [7, 11) is 0. The number of anilines is 1. The van der Waals surface area contributed by atoms with Crippen molar-refractivity contribution in [2.24, 2.45) is 0 Å². The van der Waals surface area contributed by atoms with Crippen LogP contribution in [-0.2, 0) is 0 Å². The Kier molecular flexibility index (Phi) is 5.34. The summed E-state index contributed by atoms with van der Waals surface area (Å²) in [5, 5.41) is 3.06. The van der Waals surface area contributed by atoms with Crippen LogP contribution in [-0.4, -0.2) is 46.3 Å². The fraction of sp³-hybridized carbons (Fsp3) is 0.250. The smallest absolute Gasteiger partial charge is 0.405 e. The van der Waals surface area contributed by atoms with Crippen molar-refractivity contribution in [3.63, 3.8) is 0 Å². The number of aromatic nitrogens is 2. The molecule has 0 aliphatic carbocycles. The fourth-order valence-corrected chi connectivity index (χ4v) is 3.38. The number of nitrogens with zero attached hydrogens (tertiary/aromatic N) is 3. The molecule has 1 aliphatic rings. The van der Waals surface area contributed by atoms with Gasteiger partial charge < -0.3 is 15.0 Å². The summed E-state index contributed by atoms with van der Waals surface area (Å²) in [4.78, 5) is 22.4. The SMILES string of the molecule is O=C(c1ccccc1OC(F)(F)F)N1CCC(Nc2cnc3cc(F)c(F)cc3n2)C1. The summed E-state index contributed by atoms with van der Waals surface area (Å²) in [6, 6.07) is 6.78. The number of amides is 1. The standard InChI is InChI=1S/C20H15F5N4O2/c21-13-7-15-16(8-14(13)22)28-18(9-26-15)27-11-5-6-29(10-11)19(30)12-3-1-2-4-17(12)31-20(23,24)25/h1-4,7-9,11H,5-6,10H2,(H,27,28). The molecule has 1 amide bonds. The number of benzene rings is 2. The van der Waals surface area contributed by atoms with Crippen LogP contribution in [0.1, 0.15) is 16.8 Å². The van der Waals surface area contributed by atoms with E-state index in [1.807, 2.05) is 0 Å². The number of hydrogen-bond donors (Lipinski definition) is 1. The van der Waals surface area contributed by atoms with Gasteiger partial charge in [-0.15, -0.1) is 13.2 Å². The first-order chi connectivity index (χ1) is 14.7. The Morgan fingerprint density at radius 3 is 2.58 bits per heavy atom. The zero-order chi connectivity index (χ0) is 22.2. The van der Waals surface area contributed by atoms with Crippen molar-refractivity contribution in [2.75, 3.05) is 18.4 Å². The van der Waals surface area contributed by atoms with Gasteiger partial charge in [0.05, 0.1) is 22.8 Å². The minimum absolute atomic E-state index is 0.160. The molecular formula is C20H15F5N4O2. The van der Waals surface area contributed by atoms with Gasteiger partial charge in [0.2, 0.25) is 0 Å². The molecule has 1 saturated heterocycles. The molecule has 1 unspecified atom stereocenters. The Morgan fingerprint density at radius 1 is 1.13 bits per heavy atom. The van der Waals surface area contributed by atoms with Crippen LogP contribution in [0.2, 0.25) is 0 Å². The molecule has 0 radical (unpaired) electrons. The molecular weight excluding hydrogens is 423 g/mol. The number of carbonyl (C=O) groups is 1. The molecule has 2 heterocycles. The molecule has 0 bridgehead atoms. The quantitative estimate of drug-likeness (QED) is 0.621. The minimum Gasteiger partial charge on any atom is -0.405 e. The predicted molar refractivity (Wildman–Crippen MR) is 101 cm³/mol. The lowest BCUT2D eigenvalue weighted by atomic mass is 10.2. The summed E-state index contributed by atoms with van der Waals surface area (Å²) in [5.41, 5.74) is 0.158. The highest BCUT2D eigenvalue weighted by Crippen LogP contribution is 2.28. The number of carbonyl (C=O) groups excluding carboxylic acids is 1. The average molecular weight is 438 g/mol. The van der Waals surface area contributed by atoms with Crippen LogP contribution in [0.5, 0.6) is 5.75 Å². The first-order valence-electron chi connectivity index (χ1n) is 9.22. The lowest BCUT2D eigenvalue weighted by Crippen LogP contribution is -2.32. The van der Waals surface area contributed by atoms with Crippen molar-refractivity contribution in [2.45, 2.75) is 18.8 Å². The Hall–Kier alpha value is -3.50. The second-order valence-electron chi connectivity index (χ2n) is 6.94. The summed E-state index contributed by atoms with van der Waals surface area (Å²) < 4.78 is 68.5. The van der Waals surface area contributed by atoms with Crippen LogP contribution in [0, 0.1) is 11.6 Å². The molecule has 4 rings (SSSR count). The molecule has 2 aromatic carbocycles. The molecule has 1 aromatic heterocycles. The molecule has 1 N–H and O–H groups in total. The van der Waals surface area contributed by atoms with Gasteiger partial charge in [0.25, 0.3) is 5.91 Å². The largest absolute Gasteiger partial charge is 0.573 e. The van der Waals surface area contributed by atoms with Gasteiger partial charge >= 0.3 is 6.36 Å². The Morgan fingerprint density at radius 2 is 1.84 bits per heavy atom. The van der Waals surface area contributed by atoms with Crippen LogP contribution >= 0.6 is 0 Å². The molecule has 1 atom stereocenters. The molecule has 162 valence electrons. The number of hydrogen-bond acceptors (Lipinski definition) is 5. The number of nitrogens with one attached hydrogen (secondary N) is 1. The third-order valence-electron chi connectivity index (χ3n) is 4.75. The maximum atomic E-state index is 13.4. The van der Waals surface area contributed by atoms with Gasteiger partial charge in [-0.1, -0.05) is 12.1 Å². The number of halogens is 5. The van der Waals surface area contributed by atoms with Gasteiger partial charge in [-0.25, -0.2) is 13.8 Å². The normalized spacial score (nSPS) is 16.5. The molecule has 11 heteroatoms. The summed E-state index contributed by atoms with van der Waals surface area (Å²) in [5.74, 6) is -2.92. The van der Waals surface area contributed by atoms with E-state index >= 15 is 0 Å². The Labute approximate surface area is 172 Å². The number of rotatable bonds is 4. The van der Waals surface area contributed by atoms with E-state index in [2.05, 4.69) is 20.0 Å². The number of ether oxygens (including phenoxy) is 1. The van der Waals surface area contributed by atoms with E-state index in [-0.39, 0.29) is 29.2 Å². The maximum absolute atomic E-state index is 13.4. The Balaban J connectivity index is 1.46. The van der Waals surface area contributed by atoms with Crippen molar-refractivity contribution in [1.82, 2.24) is 14.9 Å². The van der Waals surface area contributed by atoms with Gasteiger partial charge in [-0.05, 0) is 18.6 Å². The lowest BCUT2D eigenvalue weighted by molar-refractivity contribution is -0.274. The first kappa shape index (κ1) is 20.8. The number of fused-ring (bicyclic) bond motifs is 1. The third kappa shape index (κ3) is 4.65. The molecule has 1 fully saturated rings. The van der Waals surface area contributed by atoms with Crippen molar-refractivity contribution in [3.05, 3.63) is 59.8 Å². The van der Waals surface area contributed by atoms with Gasteiger partial charge in [-0.3, -0.25) is 9.78 Å². The van der Waals surface area contributed by atoms with Crippen LogP contribution < -0.4 is 10.1 Å². The minimum atomic E-state index is -4.91. The highest BCUT2D eigenvalue weighted by atomic mass is 19.4. The van der Waals surface area contributed by atoms with Gasteiger partial charge in [0, 0.05) is 31.3 Å². The van der Waals surface area contributed by atoms with Crippen molar-refractivity contribution in [3.8, 4) is 5.75 Å². The zero-order valence-electron chi connectivity index (χ0n) is 15.8. The number of para-hydroxylation sites is 1. The third-order valence-corrected chi connectivity index (χ3v) is 4.75. The molecule has 0 saturated carbocycles.